The summed E-state index contributed by atoms with van der Waals surface area (Å²) in [5.74, 6) is -0.0249. The van der Waals surface area contributed by atoms with Gasteiger partial charge in [0.15, 0.2) is 0 Å². The summed E-state index contributed by atoms with van der Waals surface area (Å²) in [6.07, 6.45) is 4.26. The van der Waals surface area contributed by atoms with Crippen molar-refractivity contribution in [1.29, 1.82) is 0 Å². The third-order valence-electron chi connectivity index (χ3n) is 4.10. The fourth-order valence-corrected chi connectivity index (χ4v) is 3.23. The SMILES string of the molecule is CCN(CCNC(=O)c1cc(SC)c(OC)cc1[N+](=O)[O-])C1CC1. The van der Waals surface area contributed by atoms with Gasteiger partial charge in [-0.05, 0) is 31.7 Å². The van der Waals surface area contributed by atoms with Crippen LogP contribution in [0.25, 0.3) is 0 Å². The maximum Gasteiger partial charge on any atom is 0.285 e. The summed E-state index contributed by atoms with van der Waals surface area (Å²) in [7, 11) is 1.45. The second-order valence-electron chi connectivity index (χ2n) is 5.60. The number of hydrogen-bond donors (Lipinski definition) is 1. The Hall–Kier alpha value is -1.80. The van der Waals surface area contributed by atoms with Crippen molar-refractivity contribution in [2.24, 2.45) is 0 Å². The van der Waals surface area contributed by atoms with E-state index in [-0.39, 0.29) is 11.3 Å². The van der Waals surface area contributed by atoms with Crippen LogP contribution >= 0.6 is 11.8 Å². The van der Waals surface area contributed by atoms with Crippen molar-refractivity contribution in [3.05, 3.63) is 27.8 Å². The molecule has 0 heterocycles. The number of nitro benzene ring substituents is 1. The van der Waals surface area contributed by atoms with Crippen molar-refractivity contribution < 1.29 is 14.5 Å². The summed E-state index contributed by atoms with van der Waals surface area (Å²) in [5, 5.41) is 14.1. The van der Waals surface area contributed by atoms with Crippen LogP contribution in [-0.2, 0) is 0 Å². The number of ether oxygens (including phenoxy) is 1. The molecular weight excluding hydrogens is 330 g/mol. The molecular formula is C16H23N3O4S. The molecule has 0 atom stereocenters. The van der Waals surface area contributed by atoms with Gasteiger partial charge in [0.2, 0.25) is 0 Å². The number of likely N-dealkylation sites (N-methyl/N-ethyl adjacent to an activating group) is 1. The number of carbonyl (C=O) groups is 1. The normalized spacial score (nSPS) is 13.8. The molecule has 2 rings (SSSR count). The Labute approximate surface area is 145 Å². The second kappa shape index (κ2) is 8.34. The first-order chi connectivity index (χ1) is 11.5. The summed E-state index contributed by atoms with van der Waals surface area (Å²) in [6, 6.07) is 3.46. The molecule has 0 aromatic heterocycles. The number of hydrogen-bond acceptors (Lipinski definition) is 6. The van der Waals surface area contributed by atoms with Gasteiger partial charge in [-0.25, -0.2) is 0 Å². The number of benzene rings is 1. The molecule has 0 spiro atoms. The topological polar surface area (TPSA) is 84.7 Å². The molecule has 132 valence electrons. The Kier molecular flexibility index (Phi) is 6.44. The van der Waals surface area contributed by atoms with E-state index in [1.54, 1.807) is 0 Å². The van der Waals surface area contributed by atoms with E-state index < -0.39 is 10.8 Å². The molecule has 0 saturated heterocycles. The van der Waals surface area contributed by atoms with E-state index in [0.717, 1.165) is 13.1 Å². The number of nitrogens with one attached hydrogen (secondary N) is 1. The van der Waals surface area contributed by atoms with E-state index in [0.29, 0.717) is 23.2 Å². The zero-order valence-electron chi connectivity index (χ0n) is 14.2. The van der Waals surface area contributed by atoms with Gasteiger partial charge in [0.05, 0.1) is 23.0 Å². The van der Waals surface area contributed by atoms with Gasteiger partial charge in [-0.2, -0.15) is 0 Å². The molecule has 1 fully saturated rings. The molecule has 1 saturated carbocycles. The van der Waals surface area contributed by atoms with Crippen molar-refractivity contribution in [2.75, 3.05) is 33.0 Å². The molecule has 0 aliphatic heterocycles. The van der Waals surface area contributed by atoms with Crippen LogP contribution in [0.15, 0.2) is 17.0 Å². The molecule has 1 aromatic carbocycles. The van der Waals surface area contributed by atoms with Gasteiger partial charge in [-0.3, -0.25) is 19.8 Å². The van der Waals surface area contributed by atoms with Crippen LogP contribution < -0.4 is 10.1 Å². The van der Waals surface area contributed by atoms with Crippen molar-refractivity contribution in [3.63, 3.8) is 0 Å². The summed E-state index contributed by atoms with van der Waals surface area (Å²) in [6.45, 7) is 4.27. The molecule has 1 aromatic rings. The van der Waals surface area contributed by atoms with Gasteiger partial charge in [0, 0.05) is 19.1 Å². The third kappa shape index (κ3) is 4.39. The van der Waals surface area contributed by atoms with Gasteiger partial charge in [0.1, 0.15) is 11.3 Å². The van der Waals surface area contributed by atoms with Gasteiger partial charge >= 0.3 is 0 Å². The molecule has 1 N–H and O–H groups in total. The van der Waals surface area contributed by atoms with Gasteiger partial charge in [0.25, 0.3) is 11.6 Å². The van der Waals surface area contributed by atoms with Crippen LogP contribution in [-0.4, -0.2) is 54.8 Å². The van der Waals surface area contributed by atoms with E-state index >= 15 is 0 Å². The first kappa shape index (κ1) is 18.5. The Morgan fingerprint density at radius 1 is 1.50 bits per heavy atom. The molecule has 1 amide bonds. The van der Waals surface area contributed by atoms with Crippen molar-refractivity contribution in [2.45, 2.75) is 30.7 Å². The molecule has 0 unspecified atom stereocenters. The zero-order valence-corrected chi connectivity index (χ0v) is 15.0. The standard InChI is InChI=1S/C16H23N3O4S/c1-4-18(11-5-6-11)8-7-17-16(20)12-9-15(24-3)14(23-2)10-13(12)19(21)22/h9-11H,4-8H2,1-3H3,(H,17,20). The predicted molar refractivity (Wildman–Crippen MR) is 94.0 cm³/mol. The molecule has 0 bridgehead atoms. The maximum atomic E-state index is 12.4. The predicted octanol–water partition coefficient (Wildman–Crippen LogP) is 2.54. The molecule has 24 heavy (non-hydrogen) atoms. The minimum atomic E-state index is -0.552. The molecule has 8 heteroatoms. The van der Waals surface area contributed by atoms with Crippen LogP contribution in [0.4, 0.5) is 5.69 Å². The zero-order chi connectivity index (χ0) is 17.7. The quantitative estimate of drug-likeness (QED) is 0.417. The number of rotatable bonds is 9. The first-order valence-electron chi connectivity index (χ1n) is 7.94. The average molecular weight is 353 g/mol. The van der Waals surface area contributed by atoms with Crippen LogP contribution in [0.5, 0.6) is 5.75 Å². The lowest BCUT2D eigenvalue weighted by atomic mass is 10.1. The number of nitrogens with zero attached hydrogens (tertiary/aromatic N) is 2. The smallest absolute Gasteiger partial charge is 0.285 e. The fraction of sp³-hybridized carbons (Fsp3) is 0.562. The van der Waals surface area contributed by atoms with Gasteiger partial charge in [-0.1, -0.05) is 6.92 Å². The lowest BCUT2D eigenvalue weighted by Crippen LogP contribution is -2.36. The molecule has 7 nitrogen and oxygen atoms in total. The largest absolute Gasteiger partial charge is 0.495 e. The summed E-state index contributed by atoms with van der Waals surface area (Å²) >= 11 is 1.38. The second-order valence-corrected chi connectivity index (χ2v) is 6.45. The third-order valence-corrected chi connectivity index (χ3v) is 4.86. The van der Waals surface area contributed by atoms with E-state index in [2.05, 4.69) is 17.1 Å². The van der Waals surface area contributed by atoms with Gasteiger partial charge < -0.3 is 10.1 Å². The van der Waals surface area contributed by atoms with Crippen LogP contribution in [0.1, 0.15) is 30.1 Å². The number of methoxy groups -OCH3 is 1. The molecule has 1 aliphatic carbocycles. The van der Waals surface area contributed by atoms with Crippen LogP contribution in [0.2, 0.25) is 0 Å². The highest BCUT2D eigenvalue weighted by molar-refractivity contribution is 7.98. The monoisotopic (exact) mass is 353 g/mol. The minimum absolute atomic E-state index is 0.0691. The molecule has 1 aliphatic rings. The van der Waals surface area contributed by atoms with E-state index in [1.165, 1.54) is 43.8 Å². The fourth-order valence-electron chi connectivity index (χ4n) is 2.65. The Morgan fingerprint density at radius 2 is 2.21 bits per heavy atom. The summed E-state index contributed by atoms with van der Waals surface area (Å²) in [4.78, 5) is 26.1. The average Bonchev–Trinajstić information content (AvgIpc) is 3.42. The summed E-state index contributed by atoms with van der Waals surface area (Å²) < 4.78 is 5.16. The minimum Gasteiger partial charge on any atom is -0.495 e. The Bertz CT molecular complexity index is 620. The summed E-state index contributed by atoms with van der Waals surface area (Å²) in [5.41, 5.74) is -0.170. The lowest BCUT2D eigenvalue weighted by molar-refractivity contribution is -0.385. The number of carbonyl (C=O) groups excluding carboxylic acids is 1. The first-order valence-corrected chi connectivity index (χ1v) is 9.16. The van der Waals surface area contributed by atoms with Crippen LogP contribution in [0.3, 0.4) is 0 Å². The highest BCUT2D eigenvalue weighted by atomic mass is 32.2. The highest BCUT2D eigenvalue weighted by Crippen LogP contribution is 2.34. The van der Waals surface area contributed by atoms with Crippen molar-refractivity contribution >= 4 is 23.4 Å². The van der Waals surface area contributed by atoms with Crippen LogP contribution in [0, 0.1) is 10.1 Å². The Balaban J connectivity index is 2.10. The van der Waals surface area contributed by atoms with E-state index in [9.17, 15) is 14.9 Å². The van der Waals surface area contributed by atoms with E-state index in [4.69, 9.17) is 4.74 Å². The molecule has 0 radical (unpaired) electrons. The lowest BCUT2D eigenvalue weighted by Gasteiger charge is -2.19. The number of amides is 1. The number of thioether (sulfide) groups is 1. The van der Waals surface area contributed by atoms with Crippen molar-refractivity contribution in [3.8, 4) is 5.75 Å². The van der Waals surface area contributed by atoms with Gasteiger partial charge in [-0.15, -0.1) is 11.8 Å². The highest BCUT2D eigenvalue weighted by Gasteiger charge is 2.28. The van der Waals surface area contributed by atoms with Crippen molar-refractivity contribution in [1.82, 2.24) is 10.2 Å². The number of nitro groups is 1. The maximum absolute atomic E-state index is 12.4. The Morgan fingerprint density at radius 3 is 2.71 bits per heavy atom. The van der Waals surface area contributed by atoms with E-state index in [1.807, 2.05) is 6.26 Å².